The summed E-state index contributed by atoms with van der Waals surface area (Å²) in [6.07, 6.45) is 0. The minimum atomic E-state index is -0.0115. The Bertz CT molecular complexity index is 2390. The molecule has 0 amide bonds. The SMILES string of the molecule is CC1(C)c2ccccc2-c2cc(-c3c4ccccc4c(-c4cc5ccccc5cc4-c4ccccc4)c4ccccc34)ccc21. The molecule has 0 atom stereocenters. The van der Waals surface area contributed by atoms with E-state index >= 15 is 0 Å². The zero-order valence-electron chi connectivity index (χ0n) is 25.5. The largest absolute Gasteiger partial charge is 0.0622 e. The van der Waals surface area contributed by atoms with Crippen molar-refractivity contribution in [2.45, 2.75) is 19.3 Å². The molecule has 0 saturated heterocycles. The molecule has 0 bridgehead atoms. The van der Waals surface area contributed by atoms with Gasteiger partial charge in [0.25, 0.3) is 0 Å². The van der Waals surface area contributed by atoms with Gasteiger partial charge in [-0.2, -0.15) is 0 Å². The first-order valence-corrected chi connectivity index (χ1v) is 15.9. The molecule has 0 spiro atoms. The first-order chi connectivity index (χ1) is 22.1. The summed E-state index contributed by atoms with van der Waals surface area (Å²) >= 11 is 0. The van der Waals surface area contributed by atoms with Crippen LogP contribution in [0.15, 0.2) is 158 Å². The van der Waals surface area contributed by atoms with E-state index in [1.54, 1.807) is 0 Å². The zero-order valence-corrected chi connectivity index (χ0v) is 25.5. The molecule has 9 rings (SSSR count). The van der Waals surface area contributed by atoms with Gasteiger partial charge in [-0.25, -0.2) is 0 Å². The van der Waals surface area contributed by atoms with Crippen LogP contribution in [0.2, 0.25) is 0 Å². The molecule has 8 aromatic carbocycles. The van der Waals surface area contributed by atoms with E-state index in [2.05, 4.69) is 172 Å². The fraction of sp³-hybridized carbons (Fsp3) is 0.0667. The molecule has 0 saturated carbocycles. The van der Waals surface area contributed by atoms with Crippen molar-refractivity contribution >= 4 is 32.3 Å². The maximum Gasteiger partial charge on any atom is 0.0158 e. The lowest BCUT2D eigenvalue weighted by Crippen LogP contribution is -2.14. The average molecular weight is 573 g/mol. The third-order valence-corrected chi connectivity index (χ3v) is 10.0. The Morgan fingerprint density at radius 1 is 0.333 bits per heavy atom. The topological polar surface area (TPSA) is 0 Å². The van der Waals surface area contributed by atoms with Crippen LogP contribution in [0.1, 0.15) is 25.0 Å². The van der Waals surface area contributed by atoms with Gasteiger partial charge in [0, 0.05) is 5.41 Å². The lowest BCUT2D eigenvalue weighted by molar-refractivity contribution is 0.660. The highest BCUT2D eigenvalue weighted by Gasteiger charge is 2.35. The third-order valence-electron chi connectivity index (χ3n) is 10.0. The van der Waals surface area contributed by atoms with Crippen LogP contribution in [0, 0.1) is 0 Å². The van der Waals surface area contributed by atoms with Gasteiger partial charge < -0.3 is 0 Å². The quantitative estimate of drug-likeness (QED) is 0.185. The summed E-state index contributed by atoms with van der Waals surface area (Å²) in [4.78, 5) is 0. The Hall–Kier alpha value is -5.46. The third kappa shape index (κ3) is 3.85. The number of benzene rings is 8. The van der Waals surface area contributed by atoms with E-state index in [-0.39, 0.29) is 5.41 Å². The molecule has 1 aliphatic rings. The Morgan fingerprint density at radius 3 is 1.51 bits per heavy atom. The van der Waals surface area contributed by atoms with Gasteiger partial charge in [0.05, 0.1) is 0 Å². The summed E-state index contributed by atoms with van der Waals surface area (Å²) < 4.78 is 0. The van der Waals surface area contributed by atoms with Crippen LogP contribution in [0.3, 0.4) is 0 Å². The maximum absolute atomic E-state index is 2.45. The van der Waals surface area contributed by atoms with Crippen molar-refractivity contribution in [1.29, 1.82) is 0 Å². The predicted octanol–water partition coefficient (Wildman–Crippen LogP) is 12.5. The number of hydrogen-bond donors (Lipinski definition) is 0. The summed E-state index contributed by atoms with van der Waals surface area (Å²) in [6.45, 7) is 4.70. The lowest BCUT2D eigenvalue weighted by atomic mass is 9.81. The van der Waals surface area contributed by atoms with Crippen LogP contribution in [0.25, 0.3) is 76.8 Å². The van der Waals surface area contributed by atoms with Crippen molar-refractivity contribution in [2.75, 3.05) is 0 Å². The van der Waals surface area contributed by atoms with Crippen molar-refractivity contribution < 1.29 is 0 Å². The highest BCUT2D eigenvalue weighted by atomic mass is 14.4. The van der Waals surface area contributed by atoms with E-state index in [1.165, 1.54) is 88.0 Å². The fourth-order valence-corrected chi connectivity index (χ4v) is 7.91. The molecule has 0 unspecified atom stereocenters. The van der Waals surface area contributed by atoms with E-state index in [0.29, 0.717) is 0 Å². The molecule has 0 heteroatoms. The monoisotopic (exact) mass is 572 g/mol. The summed E-state index contributed by atoms with van der Waals surface area (Å²) in [6, 6.07) is 58.5. The van der Waals surface area contributed by atoms with Crippen LogP contribution in [0.5, 0.6) is 0 Å². The van der Waals surface area contributed by atoms with Crippen molar-refractivity contribution in [2.24, 2.45) is 0 Å². The van der Waals surface area contributed by atoms with Gasteiger partial charge in [-0.15, -0.1) is 0 Å². The Kier molecular flexibility index (Phi) is 5.64. The van der Waals surface area contributed by atoms with E-state index in [9.17, 15) is 0 Å². The van der Waals surface area contributed by atoms with Crippen molar-refractivity contribution in [3.8, 4) is 44.5 Å². The molecule has 45 heavy (non-hydrogen) atoms. The second-order valence-corrected chi connectivity index (χ2v) is 12.9. The van der Waals surface area contributed by atoms with E-state index < -0.39 is 0 Å². The zero-order chi connectivity index (χ0) is 30.1. The predicted molar refractivity (Wildman–Crippen MR) is 193 cm³/mol. The molecular weight excluding hydrogens is 540 g/mol. The Labute approximate surface area is 264 Å². The van der Waals surface area contributed by atoms with Crippen LogP contribution >= 0.6 is 0 Å². The van der Waals surface area contributed by atoms with Gasteiger partial charge in [0.1, 0.15) is 0 Å². The molecule has 212 valence electrons. The second-order valence-electron chi connectivity index (χ2n) is 12.9. The fourth-order valence-electron chi connectivity index (χ4n) is 7.91. The molecule has 0 radical (unpaired) electrons. The van der Waals surface area contributed by atoms with Gasteiger partial charge >= 0.3 is 0 Å². The molecule has 0 aromatic heterocycles. The van der Waals surface area contributed by atoms with Crippen LogP contribution in [-0.4, -0.2) is 0 Å². The van der Waals surface area contributed by atoms with Crippen molar-refractivity contribution in [3.63, 3.8) is 0 Å². The van der Waals surface area contributed by atoms with Crippen LogP contribution < -0.4 is 0 Å². The molecule has 0 nitrogen and oxygen atoms in total. The smallest absolute Gasteiger partial charge is 0.0158 e. The van der Waals surface area contributed by atoms with Crippen molar-refractivity contribution in [1.82, 2.24) is 0 Å². The summed E-state index contributed by atoms with van der Waals surface area (Å²) in [7, 11) is 0. The van der Waals surface area contributed by atoms with Gasteiger partial charge in [-0.1, -0.05) is 153 Å². The first-order valence-electron chi connectivity index (χ1n) is 15.9. The van der Waals surface area contributed by atoms with Crippen LogP contribution in [0.4, 0.5) is 0 Å². The molecule has 1 aliphatic carbocycles. The van der Waals surface area contributed by atoms with Gasteiger partial charge in [-0.3, -0.25) is 0 Å². The summed E-state index contributed by atoms with van der Waals surface area (Å²) in [5.41, 5.74) is 13.1. The molecule has 0 fully saturated rings. The standard InChI is InChI=1S/C45H32/c1-45(2)41-23-13-12-18-33(41)39-28-32(24-25-42(39)45)43-34-19-8-10-21-36(34)44(37-22-11-9-20-35(37)43)40-27-31-17-7-6-16-30(31)26-38(40)29-14-4-3-5-15-29/h3-28H,1-2H3. The number of rotatable bonds is 3. The average Bonchev–Trinajstić information content (AvgIpc) is 3.32. The molecule has 0 N–H and O–H groups in total. The number of fused-ring (bicyclic) bond motifs is 6. The Balaban J connectivity index is 1.38. The Morgan fingerprint density at radius 2 is 0.844 bits per heavy atom. The van der Waals surface area contributed by atoms with Gasteiger partial charge in [0.2, 0.25) is 0 Å². The molecule has 8 aromatic rings. The number of hydrogen-bond acceptors (Lipinski definition) is 0. The van der Waals surface area contributed by atoms with Gasteiger partial charge in [-0.05, 0) is 106 Å². The highest BCUT2D eigenvalue weighted by Crippen LogP contribution is 2.51. The van der Waals surface area contributed by atoms with Crippen LogP contribution in [-0.2, 0) is 5.41 Å². The molecular formula is C45H32. The highest BCUT2D eigenvalue weighted by molar-refractivity contribution is 6.23. The second kappa shape index (κ2) is 9.78. The van der Waals surface area contributed by atoms with E-state index in [4.69, 9.17) is 0 Å². The van der Waals surface area contributed by atoms with Crippen molar-refractivity contribution in [3.05, 3.63) is 169 Å². The molecule has 0 aliphatic heterocycles. The first kappa shape index (κ1) is 26.0. The minimum absolute atomic E-state index is 0.0115. The van der Waals surface area contributed by atoms with E-state index in [1.807, 2.05) is 0 Å². The summed E-state index contributed by atoms with van der Waals surface area (Å²) in [5, 5.41) is 7.63. The van der Waals surface area contributed by atoms with Gasteiger partial charge in [0.15, 0.2) is 0 Å². The minimum Gasteiger partial charge on any atom is -0.0622 e. The molecule has 0 heterocycles. The van der Waals surface area contributed by atoms with E-state index in [0.717, 1.165) is 0 Å². The lowest BCUT2D eigenvalue weighted by Gasteiger charge is -2.22. The normalized spacial score (nSPS) is 13.3. The maximum atomic E-state index is 2.45. The summed E-state index contributed by atoms with van der Waals surface area (Å²) in [5.74, 6) is 0.